The quantitative estimate of drug-likeness (QED) is 0.602. The van der Waals surface area contributed by atoms with Crippen LogP contribution in [0.25, 0.3) is 0 Å². The molecule has 3 nitrogen and oxygen atoms in total. The Morgan fingerprint density at radius 2 is 2.00 bits per heavy atom. The van der Waals surface area contributed by atoms with Crippen LogP contribution in [0.3, 0.4) is 0 Å². The van der Waals surface area contributed by atoms with Crippen molar-refractivity contribution in [2.45, 2.75) is 12.8 Å². The molecule has 1 amide bonds. The van der Waals surface area contributed by atoms with Gasteiger partial charge >= 0.3 is 0 Å². The van der Waals surface area contributed by atoms with Crippen LogP contribution in [0, 0.1) is 17.8 Å². The maximum atomic E-state index is 12.2. The summed E-state index contributed by atoms with van der Waals surface area (Å²) in [6, 6.07) is 0. The van der Waals surface area contributed by atoms with Crippen molar-refractivity contribution >= 4 is 5.91 Å². The van der Waals surface area contributed by atoms with Gasteiger partial charge in [0.25, 0.3) is 0 Å². The van der Waals surface area contributed by atoms with Crippen LogP contribution in [0.4, 0.5) is 0 Å². The number of rotatable bonds is 1. The van der Waals surface area contributed by atoms with Crippen molar-refractivity contribution in [3.05, 3.63) is 12.2 Å². The Kier molecular flexibility index (Phi) is 2.28. The summed E-state index contributed by atoms with van der Waals surface area (Å²) >= 11 is 0. The minimum absolute atomic E-state index is 0.276. The Morgan fingerprint density at radius 3 is 2.60 bits per heavy atom. The van der Waals surface area contributed by atoms with E-state index in [0.717, 1.165) is 19.5 Å². The molecule has 3 aliphatic rings. The second kappa shape index (κ2) is 3.63. The topological polar surface area (TPSA) is 29.5 Å². The number of ether oxygens (including phenoxy) is 1. The Balaban J connectivity index is 1.67. The first-order valence-corrected chi connectivity index (χ1v) is 5.89. The predicted octanol–water partition coefficient (Wildman–Crippen LogP) is 1.06. The second-order valence-corrected chi connectivity index (χ2v) is 4.82. The van der Waals surface area contributed by atoms with Gasteiger partial charge in [0.15, 0.2) is 0 Å². The molecule has 1 saturated heterocycles. The highest BCUT2D eigenvalue weighted by Crippen LogP contribution is 2.44. The number of carbonyl (C=O) groups is 1. The highest BCUT2D eigenvalue weighted by atomic mass is 16.5. The fourth-order valence-electron chi connectivity index (χ4n) is 3.08. The van der Waals surface area contributed by atoms with Gasteiger partial charge in [-0.25, -0.2) is 0 Å². The lowest BCUT2D eigenvalue weighted by atomic mass is 9.92. The lowest BCUT2D eigenvalue weighted by molar-refractivity contribution is -0.140. The smallest absolute Gasteiger partial charge is 0.226 e. The third kappa shape index (κ3) is 1.59. The van der Waals surface area contributed by atoms with Gasteiger partial charge < -0.3 is 9.64 Å². The zero-order chi connectivity index (χ0) is 10.3. The molecule has 2 aliphatic carbocycles. The number of morpholine rings is 1. The number of fused-ring (bicyclic) bond motifs is 2. The summed E-state index contributed by atoms with van der Waals surface area (Å²) in [5.41, 5.74) is 0. The summed E-state index contributed by atoms with van der Waals surface area (Å²) in [6.45, 7) is 3.00. The number of hydrogen-bond donors (Lipinski definition) is 0. The van der Waals surface area contributed by atoms with E-state index in [1.807, 2.05) is 4.90 Å². The first-order valence-electron chi connectivity index (χ1n) is 5.89. The van der Waals surface area contributed by atoms with Crippen molar-refractivity contribution in [1.29, 1.82) is 0 Å². The van der Waals surface area contributed by atoms with Crippen LogP contribution in [0.5, 0.6) is 0 Å². The van der Waals surface area contributed by atoms with Crippen molar-refractivity contribution in [2.24, 2.45) is 17.8 Å². The number of hydrogen-bond acceptors (Lipinski definition) is 2. The standard InChI is InChI=1S/C12H17NO2/c14-12(13-3-5-15-6-4-13)11-8-9-1-2-10(11)7-9/h1-2,9-11H,3-8H2. The summed E-state index contributed by atoms with van der Waals surface area (Å²) in [5.74, 6) is 1.86. The van der Waals surface area contributed by atoms with Gasteiger partial charge in [0.1, 0.15) is 0 Å². The molecular weight excluding hydrogens is 190 g/mol. The zero-order valence-corrected chi connectivity index (χ0v) is 8.89. The van der Waals surface area contributed by atoms with Gasteiger partial charge in [0.2, 0.25) is 5.91 Å². The summed E-state index contributed by atoms with van der Waals surface area (Å²) in [7, 11) is 0. The number of amides is 1. The van der Waals surface area contributed by atoms with Crippen molar-refractivity contribution < 1.29 is 9.53 Å². The molecule has 3 rings (SSSR count). The minimum Gasteiger partial charge on any atom is -0.378 e. The minimum atomic E-state index is 0.276. The van der Waals surface area contributed by atoms with E-state index in [1.165, 1.54) is 6.42 Å². The van der Waals surface area contributed by atoms with Gasteiger partial charge in [-0.05, 0) is 24.7 Å². The van der Waals surface area contributed by atoms with Gasteiger partial charge in [0, 0.05) is 19.0 Å². The molecule has 0 aromatic carbocycles. The zero-order valence-electron chi connectivity index (χ0n) is 8.89. The normalized spacial score (nSPS) is 38.7. The maximum Gasteiger partial charge on any atom is 0.226 e. The van der Waals surface area contributed by atoms with Crippen molar-refractivity contribution in [3.63, 3.8) is 0 Å². The molecule has 0 spiro atoms. The molecule has 0 N–H and O–H groups in total. The average molecular weight is 207 g/mol. The molecule has 3 unspecified atom stereocenters. The van der Waals surface area contributed by atoms with E-state index in [1.54, 1.807) is 0 Å². The Hall–Kier alpha value is -0.830. The van der Waals surface area contributed by atoms with Crippen LogP contribution in [0.1, 0.15) is 12.8 Å². The number of carbonyl (C=O) groups excluding carboxylic acids is 1. The lowest BCUT2D eigenvalue weighted by Gasteiger charge is -2.31. The largest absolute Gasteiger partial charge is 0.378 e. The Bertz CT molecular complexity index is 294. The van der Waals surface area contributed by atoms with E-state index in [0.29, 0.717) is 31.0 Å². The highest BCUT2D eigenvalue weighted by molar-refractivity contribution is 5.80. The van der Waals surface area contributed by atoms with Crippen molar-refractivity contribution in [1.82, 2.24) is 4.90 Å². The molecule has 2 bridgehead atoms. The molecule has 3 atom stereocenters. The van der Waals surface area contributed by atoms with E-state index in [2.05, 4.69) is 12.2 Å². The third-order valence-electron chi connectivity index (χ3n) is 3.92. The summed E-state index contributed by atoms with van der Waals surface area (Å²) < 4.78 is 5.27. The summed E-state index contributed by atoms with van der Waals surface area (Å²) in [4.78, 5) is 14.2. The summed E-state index contributed by atoms with van der Waals surface area (Å²) in [6.07, 6.45) is 6.82. The van der Waals surface area contributed by atoms with Crippen molar-refractivity contribution in [3.8, 4) is 0 Å². The molecule has 1 saturated carbocycles. The molecule has 2 fully saturated rings. The van der Waals surface area contributed by atoms with E-state index in [-0.39, 0.29) is 5.92 Å². The first kappa shape index (κ1) is 9.40. The average Bonchev–Trinajstić information content (AvgIpc) is 2.91. The highest BCUT2D eigenvalue weighted by Gasteiger charge is 2.41. The number of allylic oxidation sites excluding steroid dienone is 2. The first-order chi connectivity index (χ1) is 7.34. The molecule has 82 valence electrons. The van der Waals surface area contributed by atoms with Crippen LogP contribution in [0.2, 0.25) is 0 Å². The molecule has 0 aromatic rings. The van der Waals surface area contributed by atoms with Crippen molar-refractivity contribution in [2.75, 3.05) is 26.3 Å². The summed E-state index contributed by atoms with van der Waals surface area (Å²) in [5, 5.41) is 0. The Labute approximate surface area is 90.1 Å². The predicted molar refractivity (Wildman–Crippen MR) is 56.2 cm³/mol. The fraction of sp³-hybridized carbons (Fsp3) is 0.750. The van der Waals surface area contributed by atoms with Gasteiger partial charge in [-0.15, -0.1) is 0 Å². The lowest BCUT2D eigenvalue weighted by Crippen LogP contribution is -2.44. The van der Waals surface area contributed by atoms with Crippen LogP contribution in [0.15, 0.2) is 12.2 Å². The maximum absolute atomic E-state index is 12.2. The molecule has 0 radical (unpaired) electrons. The number of nitrogens with zero attached hydrogens (tertiary/aromatic N) is 1. The van der Waals surface area contributed by atoms with E-state index in [9.17, 15) is 4.79 Å². The fourth-order valence-corrected chi connectivity index (χ4v) is 3.08. The van der Waals surface area contributed by atoms with Crippen LogP contribution >= 0.6 is 0 Å². The van der Waals surface area contributed by atoms with E-state index < -0.39 is 0 Å². The van der Waals surface area contributed by atoms with Gasteiger partial charge in [-0.3, -0.25) is 4.79 Å². The SMILES string of the molecule is O=C(C1CC2C=CC1C2)N1CCOCC1. The van der Waals surface area contributed by atoms with Crippen LogP contribution in [-0.4, -0.2) is 37.1 Å². The molecule has 3 heteroatoms. The van der Waals surface area contributed by atoms with Crippen LogP contribution in [-0.2, 0) is 9.53 Å². The second-order valence-electron chi connectivity index (χ2n) is 4.82. The molecule has 1 aliphatic heterocycles. The monoisotopic (exact) mass is 207 g/mol. The third-order valence-corrected chi connectivity index (χ3v) is 3.92. The van der Waals surface area contributed by atoms with E-state index in [4.69, 9.17) is 4.74 Å². The molecular formula is C12H17NO2. The van der Waals surface area contributed by atoms with Gasteiger partial charge in [-0.1, -0.05) is 12.2 Å². The van der Waals surface area contributed by atoms with Gasteiger partial charge in [-0.2, -0.15) is 0 Å². The molecule has 15 heavy (non-hydrogen) atoms. The van der Waals surface area contributed by atoms with Crippen LogP contribution < -0.4 is 0 Å². The Morgan fingerprint density at radius 1 is 1.20 bits per heavy atom. The van der Waals surface area contributed by atoms with E-state index >= 15 is 0 Å². The van der Waals surface area contributed by atoms with Gasteiger partial charge in [0.05, 0.1) is 13.2 Å². The molecule has 1 heterocycles. The molecule has 0 aromatic heterocycles.